The molecule has 2 N–H and O–H groups in total. The quantitative estimate of drug-likeness (QED) is 0.472. The Bertz CT molecular complexity index is 733. The van der Waals surface area contributed by atoms with E-state index in [0.29, 0.717) is 0 Å². The van der Waals surface area contributed by atoms with E-state index in [4.69, 9.17) is 0 Å². The van der Waals surface area contributed by atoms with Crippen molar-refractivity contribution in [2.45, 2.75) is 12.8 Å². The number of nitrogens with one attached hydrogen (secondary N) is 2. The Morgan fingerprint density at radius 1 is 0.731 bits per heavy atom. The van der Waals surface area contributed by atoms with Crippen LogP contribution in [0.5, 0.6) is 0 Å². The highest BCUT2D eigenvalue weighted by Gasteiger charge is 2.02. The van der Waals surface area contributed by atoms with Gasteiger partial charge in [0.15, 0.2) is 0 Å². The van der Waals surface area contributed by atoms with Crippen molar-refractivity contribution in [3.05, 3.63) is 68.6 Å². The van der Waals surface area contributed by atoms with Crippen LogP contribution in [0.15, 0.2) is 67.7 Å². The number of hydrogen-bond donors (Lipinski definition) is 2. The van der Waals surface area contributed by atoms with Crippen LogP contribution in [0.4, 0.5) is 0 Å². The van der Waals surface area contributed by atoms with Gasteiger partial charge in [-0.15, -0.1) is 0 Å². The van der Waals surface area contributed by atoms with E-state index in [1.165, 1.54) is 12.4 Å². The molecule has 6 nitrogen and oxygen atoms in total. The Morgan fingerprint density at radius 2 is 1.08 bits per heavy atom. The molecule has 2 amide bonds. The number of rotatable bonds is 7. The third-order valence-corrected chi connectivity index (χ3v) is 4.21. The summed E-state index contributed by atoms with van der Waals surface area (Å²) in [7, 11) is 0. The third-order valence-electron chi connectivity index (χ3n) is 3.15. The lowest BCUT2D eigenvalue weighted by Gasteiger charge is -2.00. The zero-order valence-corrected chi connectivity index (χ0v) is 16.8. The lowest BCUT2D eigenvalue weighted by Crippen LogP contribution is -2.21. The van der Waals surface area contributed by atoms with Gasteiger partial charge in [0.2, 0.25) is 11.8 Å². The first-order valence-corrected chi connectivity index (χ1v) is 9.23. The van der Waals surface area contributed by atoms with E-state index >= 15 is 0 Å². The molecule has 0 aromatic heterocycles. The molecule has 2 aromatic rings. The largest absolute Gasteiger partial charge is 0.273 e. The Balaban J connectivity index is 1.67. The fraction of sp³-hybridized carbons (Fsp3) is 0.111. The molecular weight excluding hydrogens is 464 g/mol. The summed E-state index contributed by atoms with van der Waals surface area (Å²) >= 11 is 6.68. The molecule has 8 heteroatoms. The number of hydrogen-bond acceptors (Lipinski definition) is 4. The summed E-state index contributed by atoms with van der Waals surface area (Å²) in [6.07, 6.45) is 3.04. The van der Waals surface area contributed by atoms with Crippen LogP contribution in [0.25, 0.3) is 0 Å². The maximum absolute atomic E-state index is 11.7. The molecule has 0 aliphatic carbocycles. The summed E-state index contributed by atoms with van der Waals surface area (Å²) in [6.45, 7) is 0. The highest BCUT2D eigenvalue weighted by molar-refractivity contribution is 9.10. The molecule has 0 aliphatic rings. The zero-order valence-electron chi connectivity index (χ0n) is 13.7. The molecule has 26 heavy (non-hydrogen) atoms. The SMILES string of the molecule is O=C(Cc1ccc(Br)cc1)N/N=C\C=N/NC(=O)Cc1ccc(Br)cc1. The van der Waals surface area contributed by atoms with Gasteiger partial charge >= 0.3 is 0 Å². The van der Waals surface area contributed by atoms with Crippen molar-refractivity contribution in [3.8, 4) is 0 Å². The highest BCUT2D eigenvalue weighted by atomic mass is 79.9. The van der Waals surface area contributed by atoms with Crippen molar-refractivity contribution in [3.63, 3.8) is 0 Å². The minimum Gasteiger partial charge on any atom is -0.273 e. The van der Waals surface area contributed by atoms with Crippen LogP contribution in [-0.4, -0.2) is 24.2 Å². The van der Waals surface area contributed by atoms with Crippen LogP contribution in [0, 0.1) is 0 Å². The normalized spacial score (nSPS) is 11.0. The lowest BCUT2D eigenvalue weighted by molar-refractivity contribution is -0.121. The molecule has 0 aliphatic heterocycles. The Hall–Kier alpha value is -2.32. The van der Waals surface area contributed by atoms with Crippen LogP contribution in [0.1, 0.15) is 11.1 Å². The zero-order chi connectivity index (χ0) is 18.8. The van der Waals surface area contributed by atoms with Gasteiger partial charge < -0.3 is 0 Å². The number of halogens is 2. The summed E-state index contributed by atoms with van der Waals surface area (Å²) in [5.41, 5.74) is 6.55. The number of carbonyl (C=O) groups excluding carboxylic acids is 2. The molecule has 0 bridgehead atoms. The minimum absolute atomic E-state index is 0.228. The Morgan fingerprint density at radius 3 is 1.42 bits per heavy atom. The van der Waals surface area contributed by atoms with Crippen LogP contribution >= 0.6 is 31.9 Å². The van der Waals surface area contributed by atoms with Crippen molar-refractivity contribution < 1.29 is 9.59 Å². The topological polar surface area (TPSA) is 82.9 Å². The highest BCUT2D eigenvalue weighted by Crippen LogP contribution is 2.11. The van der Waals surface area contributed by atoms with E-state index in [1.54, 1.807) is 0 Å². The molecule has 0 saturated heterocycles. The monoisotopic (exact) mass is 478 g/mol. The average Bonchev–Trinajstić information content (AvgIpc) is 2.62. The third kappa shape index (κ3) is 7.71. The van der Waals surface area contributed by atoms with Crippen LogP contribution in [0.3, 0.4) is 0 Å². The van der Waals surface area contributed by atoms with Gasteiger partial charge in [0.25, 0.3) is 0 Å². The number of hydrazone groups is 2. The predicted octanol–water partition coefficient (Wildman–Crippen LogP) is 3.20. The molecule has 2 rings (SSSR count). The van der Waals surface area contributed by atoms with E-state index in [1.807, 2.05) is 48.5 Å². The molecule has 0 fully saturated rings. The van der Waals surface area contributed by atoms with E-state index < -0.39 is 0 Å². The molecule has 134 valence electrons. The van der Waals surface area contributed by atoms with Crippen molar-refractivity contribution in [2.24, 2.45) is 10.2 Å². The van der Waals surface area contributed by atoms with Gasteiger partial charge in [0.05, 0.1) is 25.3 Å². The van der Waals surface area contributed by atoms with Gasteiger partial charge in [-0.05, 0) is 35.4 Å². The molecule has 2 aromatic carbocycles. The van der Waals surface area contributed by atoms with Crippen molar-refractivity contribution in [2.75, 3.05) is 0 Å². The first kappa shape index (κ1) is 20.0. The fourth-order valence-electron chi connectivity index (χ4n) is 1.94. The van der Waals surface area contributed by atoms with Crippen LogP contribution in [0.2, 0.25) is 0 Å². The number of carbonyl (C=O) groups is 2. The first-order chi connectivity index (χ1) is 12.5. The molecule has 0 atom stereocenters. The van der Waals surface area contributed by atoms with E-state index in [-0.39, 0.29) is 24.7 Å². The Labute approximate surface area is 168 Å². The van der Waals surface area contributed by atoms with Crippen LogP contribution < -0.4 is 10.9 Å². The number of benzene rings is 2. The molecule has 0 spiro atoms. The summed E-state index contributed by atoms with van der Waals surface area (Å²) < 4.78 is 1.91. The molecule has 0 radical (unpaired) electrons. The second-order valence-electron chi connectivity index (χ2n) is 5.23. The Kier molecular flexibility index (Phi) is 8.17. The molecule has 0 saturated carbocycles. The summed E-state index contributed by atoms with van der Waals surface area (Å²) in [4.78, 5) is 23.4. The van der Waals surface area contributed by atoms with E-state index in [0.717, 1.165) is 20.1 Å². The van der Waals surface area contributed by atoms with Gasteiger partial charge in [-0.25, -0.2) is 10.9 Å². The summed E-state index contributed by atoms with van der Waals surface area (Å²) in [5.74, 6) is -0.479. The smallest absolute Gasteiger partial charge is 0.244 e. The lowest BCUT2D eigenvalue weighted by atomic mass is 10.1. The van der Waals surface area contributed by atoms with E-state index in [9.17, 15) is 9.59 Å². The summed E-state index contributed by atoms with van der Waals surface area (Å²) in [5, 5.41) is 7.47. The van der Waals surface area contributed by atoms with Gasteiger partial charge in [0.1, 0.15) is 0 Å². The number of nitrogens with zero attached hydrogens (tertiary/aromatic N) is 2. The average molecular weight is 480 g/mol. The van der Waals surface area contributed by atoms with Crippen molar-refractivity contribution in [1.29, 1.82) is 0 Å². The summed E-state index contributed by atoms with van der Waals surface area (Å²) in [6, 6.07) is 14.9. The van der Waals surface area contributed by atoms with Gasteiger partial charge in [-0.3, -0.25) is 9.59 Å². The first-order valence-electron chi connectivity index (χ1n) is 7.64. The standard InChI is InChI=1S/C18H16Br2N4O2/c19-15-5-1-13(2-6-15)11-17(25)23-21-9-10-22-24-18(26)12-14-3-7-16(20)8-4-14/h1-10H,11-12H2,(H,23,25)(H,24,26)/b21-9-,22-10-. The van der Waals surface area contributed by atoms with Gasteiger partial charge in [0, 0.05) is 8.95 Å². The maximum Gasteiger partial charge on any atom is 0.244 e. The second-order valence-corrected chi connectivity index (χ2v) is 7.06. The molecule has 0 heterocycles. The van der Waals surface area contributed by atoms with Gasteiger partial charge in [-0.1, -0.05) is 56.1 Å². The fourth-order valence-corrected chi connectivity index (χ4v) is 2.47. The van der Waals surface area contributed by atoms with Crippen molar-refractivity contribution >= 4 is 56.1 Å². The van der Waals surface area contributed by atoms with Gasteiger partial charge in [-0.2, -0.15) is 10.2 Å². The predicted molar refractivity (Wildman–Crippen MR) is 109 cm³/mol. The molecular formula is C18H16Br2N4O2. The van der Waals surface area contributed by atoms with Crippen molar-refractivity contribution in [1.82, 2.24) is 10.9 Å². The minimum atomic E-state index is -0.240. The molecule has 0 unspecified atom stereocenters. The number of amides is 2. The van der Waals surface area contributed by atoms with Crippen LogP contribution in [-0.2, 0) is 22.4 Å². The second kappa shape index (κ2) is 10.6. The van der Waals surface area contributed by atoms with E-state index in [2.05, 4.69) is 52.9 Å². The maximum atomic E-state index is 11.7.